The molecule has 0 spiro atoms. The van der Waals surface area contributed by atoms with Gasteiger partial charge in [-0.15, -0.1) is 13.2 Å². The Morgan fingerprint density at radius 3 is 2.50 bits per heavy atom. The first kappa shape index (κ1) is 14.4. The standard InChI is InChI=1S/C7H2F3IN2O5/c8-7(9,10)18-2-1-12-5(13(16)17)4(11)3(2)6(14)15/h1H,(H,14,15). The highest BCUT2D eigenvalue weighted by atomic mass is 127. The van der Waals surface area contributed by atoms with Crippen LogP contribution in [-0.4, -0.2) is 27.3 Å². The second-order valence-corrected chi connectivity index (χ2v) is 3.82. The summed E-state index contributed by atoms with van der Waals surface area (Å²) in [5.74, 6) is -3.75. The van der Waals surface area contributed by atoms with Crippen LogP contribution in [-0.2, 0) is 0 Å². The van der Waals surface area contributed by atoms with Gasteiger partial charge in [-0.05, 0) is 32.5 Å². The lowest BCUT2D eigenvalue weighted by molar-refractivity contribution is -0.390. The van der Waals surface area contributed by atoms with Crippen LogP contribution in [0, 0.1) is 13.7 Å². The fourth-order valence-corrected chi connectivity index (χ4v) is 1.82. The molecule has 1 rings (SSSR count). The summed E-state index contributed by atoms with van der Waals surface area (Å²) in [6.45, 7) is 0. The number of hydrogen-bond donors (Lipinski definition) is 1. The van der Waals surface area contributed by atoms with Crippen LogP contribution in [0.15, 0.2) is 6.20 Å². The third-order valence-corrected chi connectivity index (χ3v) is 2.60. The highest BCUT2D eigenvalue weighted by Gasteiger charge is 2.36. The van der Waals surface area contributed by atoms with Crippen molar-refractivity contribution in [2.75, 3.05) is 0 Å². The summed E-state index contributed by atoms with van der Waals surface area (Å²) in [7, 11) is 0. The number of hydrogen-bond acceptors (Lipinski definition) is 5. The highest BCUT2D eigenvalue weighted by molar-refractivity contribution is 14.1. The molecule has 0 aliphatic heterocycles. The van der Waals surface area contributed by atoms with Crippen molar-refractivity contribution in [1.29, 1.82) is 0 Å². The molecule has 11 heteroatoms. The lowest BCUT2D eigenvalue weighted by Gasteiger charge is -2.10. The first-order chi connectivity index (χ1) is 8.13. The maximum Gasteiger partial charge on any atom is 0.573 e. The normalized spacial score (nSPS) is 11.1. The number of nitrogens with zero attached hydrogens (tertiary/aromatic N) is 2. The SMILES string of the molecule is O=C(O)c1c(OC(F)(F)F)cnc([N+](=O)[O-])c1I. The van der Waals surface area contributed by atoms with Gasteiger partial charge in [0.05, 0.1) is 0 Å². The number of pyridine rings is 1. The second kappa shape index (κ2) is 4.91. The van der Waals surface area contributed by atoms with Gasteiger partial charge in [0.15, 0.2) is 11.9 Å². The topological polar surface area (TPSA) is 103 Å². The van der Waals surface area contributed by atoms with Crippen molar-refractivity contribution in [2.24, 2.45) is 0 Å². The summed E-state index contributed by atoms with van der Waals surface area (Å²) < 4.78 is 38.9. The van der Waals surface area contributed by atoms with E-state index in [0.717, 1.165) is 0 Å². The van der Waals surface area contributed by atoms with Gasteiger partial charge >= 0.3 is 18.1 Å². The lowest BCUT2D eigenvalue weighted by atomic mass is 10.2. The van der Waals surface area contributed by atoms with Crippen LogP contribution >= 0.6 is 22.6 Å². The molecule has 0 bridgehead atoms. The molecular weight excluding hydrogens is 376 g/mol. The maximum atomic E-state index is 12.0. The molecule has 1 aromatic rings. The molecule has 0 amide bonds. The molecule has 0 aromatic carbocycles. The first-order valence-corrected chi connectivity index (χ1v) is 5.03. The Kier molecular flexibility index (Phi) is 3.93. The fourth-order valence-electron chi connectivity index (χ4n) is 0.990. The minimum atomic E-state index is -5.12. The highest BCUT2D eigenvalue weighted by Crippen LogP contribution is 2.32. The molecule has 0 aliphatic rings. The van der Waals surface area contributed by atoms with Crippen molar-refractivity contribution in [1.82, 2.24) is 4.98 Å². The monoisotopic (exact) mass is 378 g/mol. The van der Waals surface area contributed by atoms with Crippen LogP contribution in [0.25, 0.3) is 0 Å². The summed E-state index contributed by atoms with van der Waals surface area (Å²) >= 11 is 1.22. The van der Waals surface area contributed by atoms with E-state index in [1.54, 1.807) is 0 Å². The van der Waals surface area contributed by atoms with Crippen molar-refractivity contribution in [3.8, 4) is 5.75 Å². The average Bonchev–Trinajstić information content (AvgIpc) is 2.13. The van der Waals surface area contributed by atoms with Crippen LogP contribution in [0.3, 0.4) is 0 Å². The smallest absolute Gasteiger partial charge is 0.478 e. The molecule has 18 heavy (non-hydrogen) atoms. The molecule has 1 aromatic heterocycles. The number of halogens is 4. The largest absolute Gasteiger partial charge is 0.573 e. The number of ether oxygens (including phenoxy) is 1. The number of nitro groups is 1. The van der Waals surface area contributed by atoms with Crippen LogP contribution in [0.5, 0.6) is 5.75 Å². The molecule has 0 aliphatic carbocycles. The van der Waals surface area contributed by atoms with Crippen LogP contribution in [0.2, 0.25) is 0 Å². The van der Waals surface area contributed by atoms with E-state index >= 15 is 0 Å². The number of carboxylic acid groups (broad SMARTS) is 1. The number of carboxylic acids is 1. The number of rotatable bonds is 3. The Hall–Kier alpha value is -1.66. The Morgan fingerprint density at radius 1 is 1.56 bits per heavy atom. The second-order valence-electron chi connectivity index (χ2n) is 2.75. The van der Waals surface area contributed by atoms with Gasteiger partial charge in [0.25, 0.3) is 0 Å². The molecule has 7 nitrogen and oxygen atoms in total. The van der Waals surface area contributed by atoms with E-state index in [1.807, 2.05) is 0 Å². The van der Waals surface area contributed by atoms with E-state index in [1.165, 1.54) is 22.6 Å². The van der Waals surface area contributed by atoms with E-state index in [2.05, 4.69) is 9.72 Å². The van der Waals surface area contributed by atoms with E-state index in [0.29, 0.717) is 6.20 Å². The quantitative estimate of drug-likeness (QED) is 0.492. The van der Waals surface area contributed by atoms with E-state index < -0.39 is 38.0 Å². The third kappa shape index (κ3) is 3.18. The van der Waals surface area contributed by atoms with Crippen molar-refractivity contribution in [3.63, 3.8) is 0 Å². The Bertz CT molecular complexity index is 519. The van der Waals surface area contributed by atoms with Crippen molar-refractivity contribution >= 4 is 34.4 Å². The lowest BCUT2D eigenvalue weighted by Crippen LogP contribution is -2.20. The van der Waals surface area contributed by atoms with Gasteiger partial charge < -0.3 is 20.0 Å². The van der Waals surface area contributed by atoms with Gasteiger partial charge in [-0.3, -0.25) is 0 Å². The van der Waals surface area contributed by atoms with Crippen molar-refractivity contribution < 1.29 is 32.7 Å². The number of alkyl halides is 3. The zero-order valence-corrected chi connectivity index (χ0v) is 10.2. The number of aromatic carboxylic acids is 1. The predicted octanol–water partition coefficient (Wildman–Crippen LogP) is 2.19. The zero-order chi connectivity index (χ0) is 14.1. The van der Waals surface area contributed by atoms with Gasteiger partial charge in [-0.2, -0.15) is 0 Å². The molecule has 1 N–H and O–H groups in total. The summed E-state index contributed by atoms with van der Waals surface area (Å²) in [4.78, 5) is 23.4. The van der Waals surface area contributed by atoms with Crippen LogP contribution in [0.4, 0.5) is 19.0 Å². The van der Waals surface area contributed by atoms with Crippen molar-refractivity contribution in [2.45, 2.75) is 6.36 Å². The van der Waals surface area contributed by atoms with Gasteiger partial charge in [0.1, 0.15) is 9.13 Å². The molecule has 0 radical (unpaired) electrons. The first-order valence-electron chi connectivity index (χ1n) is 3.95. The fraction of sp³-hybridized carbons (Fsp3) is 0.143. The Labute approximate surface area is 110 Å². The zero-order valence-electron chi connectivity index (χ0n) is 8.06. The van der Waals surface area contributed by atoms with Gasteiger partial charge in [0.2, 0.25) is 0 Å². The third-order valence-electron chi connectivity index (χ3n) is 1.58. The minimum Gasteiger partial charge on any atom is -0.478 e. The number of aromatic nitrogens is 1. The van der Waals surface area contributed by atoms with E-state index in [9.17, 15) is 28.1 Å². The van der Waals surface area contributed by atoms with Gasteiger partial charge in [0, 0.05) is 0 Å². The Morgan fingerprint density at radius 2 is 2.11 bits per heavy atom. The summed E-state index contributed by atoms with van der Waals surface area (Å²) in [5.41, 5.74) is -0.963. The van der Waals surface area contributed by atoms with E-state index in [-0.39, 0.29) is 0 Å². The maximum absolute atomic E-state index is 12.0. The molecule has 0 unspecified atom stereocenters. The van der Waals surface area contributed by atoms with Gasteiger partial charge in [-0.1, -0.05) is 0 Å². The summed E-state index contributed by atoms with van der Waals surface area (Å²) in [6.07, 6.45) is -4.78. The van der Waals surface area contributed by atoms with Gasteiger partial charge in [-0.25, -0.2) is 4.79 Å². The molecule has 0 atom stereocenters. The Balaban J connectivity index is 3.42. The van der Waals surface area contributed by atoms with Crippen LogP contribution in [0.1, 0.15) is 10.4 Å². The molecule has 0 fully saturated rings. The number of carbonyl (C=O) groups is 1. The van der Waals surface area contributed by atoms with Crippen molar-refractivity contribution in [3.05, 3.63) is 25.4 Å². The molecular formula is C7H2F3IN2O5. The molecule has 1 heterocycles. The van der Waals surface area contributed by atoms with E-state index in [4.69, 9.17) is 5.11 Å². The predicted molar refractivity (Wildman–Crippen MR) is 57.3 cm³/mol. The minimum absolute atomic E-state index is 0.344. The molecule has 0 saturated heterocycles. The molecule has 98 valence electrons. The summed E-state index contributed by atoms with van der Waals surface area (Å²) in [6, 6.07) is 0. The molecule has 0 saturated carbocycles. The average molecular weight is 378 g/mol. The summed E-state index contributed by atoms with van der Waals surface area (Å²) in [5, 5.41) is 19.2. The van der Waals surface area contributed by atoms with Crippen LogP contribution < -0.4 is 4.74 Å².